The molecule has 94 valence electrons. The average molecular weight is 234 g/mol. The number of hydrogen-bond acceptors (Lipinski definition) is 3. The van der Waals surface area contributed by atoms with Crippen molar-refractivity contribution in [2.75, 3.05) is 13.1 Å². The predicted molar refractivity (Wildman–Crippen MR) is 67.6 cm³/mol. The Morgan fingerprint density at radius 1 is 1.35 bits per heavy atom. The number of nitrogens with two attached hydrogens (primary N) is 1. The van der Waals surface area contributed by atoms with Crippen LogP contribution in [0.4, 0.5) is 0 Å². The van der Waals surface area contributed by atoms with Crippen molar-refractivity contribution in [1.82, 2.24) is 14.5 Å². The van der Waals surface area contributed by atoms with Crippen LogP contribution < -0.4 is 5.73 Å². The van der Waals surface area contributed by atoms with Crippen molar-refractivity contribution in [3.63, 3.8) is 0 Å². The molecule has 17 heavy (non-hydrogen) atoms. The van der Waals surface area contributed by atoms with Crippen LogP contribution in [0.25, 0.3) is 0 Å². The highest BCUT2D eigenvalue weighted by Crippen LogP contribution is 2.34. The number of aromatic nitrogens is 2. The van der Waals surface area contributed by atoms with Crippen molar-refractivity contribution in [1.29, 1.82) is 0 Å². The smallest absolute Gasteiger partial charge is 0.126 e. The number of imidazole rings is 1. The summed E-state index contributed by atoms with van der Waals surface area (Å²) in [5.74, 6) is 1.26. The zero-order valence-electron chi connectivity index (χ0n) is 10.6. The maximum absolute atomic E-state index is 6.15. The maximum Gasteiger partial charge on any atom is 0.126 e. The van der Waals surface area contributed by atoms with Gasteiger partial charge in [-0.2, -0.15) is 0 Å². The zero-order valence-corrected chi connectivity index (χ0v) is 10.6. The van der Waals surface area contributed by atoms with Gasteiger partial charge in [-0.25, -0.2) is 4.98 Å². The van der Waals surface area contributed by atoms with Crippen LogP contribution in [0.1, 0.15) is 56.2 Å². The summed E-state index contributed by atoms with van der Waals surface area (Å²) < 4.78 is 2.38. The minimum atomic E-state index is 0.196. The topological polar surface area (TPSA) is 47.1 Å². The van der Waals surface area contributed by atoms with E-state index < -0.39 is 0 Å². The number of hydrogen-bond donors (Lipinski definition) is 1. The van der Waals surface area contributed by atoms with Gasteiger partial charge in [0.15, 0.2) is 0 Å². The second kappa shape index (κ2) is 4.42. The SMILES string of the molecule is CCN1CCCC1c1ncc2n1CCCC2N. The van der Waals surface area contributed by atoms with Gasteiger partial charge < -0.3 is 10.3 Å². The first kappa shape index (κ1) is 11.2. The summed E-state index contributed by atoms with van der Waals surface area (Å²) in [5.41, 5.74) is 7.40. The molecule has 0 amide bonds. The molecule has 1 saturated heterocycles. The Bertz CT molecular complexity index is 398. The first-order valence-corrected chi connectivity index (χ1v) is 6.86. The molecule has 4 heteroatoms. The van der Waals surface area contributed by atoms with Gasteiger partial charge in [0.05, 0.1) is 17.9 Å². The molecule has 2 unspecified atom stereocenters. The summed E-state index contributed by atoms with van der Waals surface area (Å²) in [4.78, 5) is 7.21. The third-order valence-electron chi connectivity index (χ3n) is 4.26. The third-order valence-corrected chi connectivity index (χ3v) is 4.26. The van der Waals surface area contributed by atoms with E-state index in [4.69, 9.17) is 5.73 Å². The average Bonchev–Trinajstić information content (AvgIpc) is 2.94. The molecule has 3 rings (SSSR count). The normalized spacial score (nSPS) is 29.5. The van der Waals surface area contributed by atoms with Crippen LogP contribution in [0.3, 0.4) is 0 Å². The maximum atomic E-state index is 6.15. The Morgan fingerprint density at radius 3 is 3.00 bits per heavy atom. The summed E-state index contributed by atoms with van der Waals surface area (Å²) in [6.07, 6.45) is 6.85. The molecule has 2 aliphatic heterocycles. The second-order valence-electron chi connectivity index (χ2n) is 5.23. The molecule has 2 atom stereocenters. The molecule has 0 bridgehead atoms. The minimum Gasteiger partial charge on any atom is -0.329 e. The van der Waals surface area contributed by atoms with Gasteiger partial charge in [-0.1, -0.05) is 6.92 Å². The van der Waals surface area contributed by atoms with Crippen molar-refractivity contribution in [3.8, 4) is 0 Å². The fraction of sp³-hybridized carbons (Fsp3) is 0.769. The van der Waals surface area contributed by atoms with E-state index in [1.165, 1.54) is 37.3 Å². The molecule has 1 aromatic rings. The van der Waals surface area contributed by atoms with E-state index in [2.05, 4.69) is 21.4 Å². The monoisotopic (exact) mass is 234 g/mol. The van der Waals surface area contributed by atoms with E-state index in [0.29, 0.717) is 6.04 Å². The fourth-order valence-electron chi connectivity index (χ4n) is 3.32. The lowest BCUT2D eigenvalue weighted by Gasteiger charge is -2.27. The molecule has 0 aromatic carbocycles. The standard InChI is InChI=1S/C13H22N4/c1-2-16-7-4-6-11(16)13-15-9-12-10(14)5-3-8-17(12)13/h9-11H,2-8,14H2,1H3. The molecule has 0 radical (unpaired) electrons. The van der Waals surface area contributed by atoms with E-state index in [1.807, 2.05) is 6.20 Å². The van der Waals surface area contributed by atoms with Gasteiger partial charge in [0.2, 0.25) is 0 Å². The van der Waals surface area contributed by atoms with Gasteiger partial charge in [0, 0.05) is 12.6 Å². The summed E-state index contributed by atoms with van der Waals surface area (Å²) in [7, 11) is 0. The van der Waals surface area contributed by atoms with Crippen LogP contribution in [-0.2, 0) is 6.54 Å². The van der Waals surface area contributed by atoms with Crippen LogP contribution in [0.5, 0.6) is 0 Å². The molecule has 1 fully saturated rings. The summed E-state index contributed by atoms with van der Waals surface area (Å²) in [5, 5.41) is 0. The first-order chi connectivity index (χ1) is 8.31. The Morgan fingerprint density at radius 2 is 2.18 bits per heavy atom. The Labute approximate surface area is 103 Å². The van der Waals surface area contributed by atoms with Gasteiger partial charge >= 0.3 is 0 Å². The number of fused-ring (bicyclic) bond motifs is 1. The lowest BCUT2D eigenvalue weighted by Crippen LogP contribution is -2.28. The van der Waals surface area contributed by atoms with Crippen molar-refractivity contribution in [2.24, 2.45) is 5.73 Å². The molecule has 0 spiro atoms. The highest BCUT2D eigenvalue weighted by atomic mass is 15.2. The lowest BCUT2D eigenvalue weighted by molar-refractivity contribution is 0.253. The summed E-state index contributed by atoms with van der Waals surface area (Å²) in [6, 6.07) is 0.723. The molecule has 4 nitrogen and oxygen atoms in total. The molecular formula is C13H22N4. The van der Waals surface area contributed by atoms with E-state index in [1.54, 1.807) is 0 Å². The molecule has 0 aliphatic carbocycles. The molecule has 2 aliphatic rings. The first-order valence-electron chi connectivity index (χ1n) is 6.86. The highest BCUT2D eigenvalue weighted by molar-refractivity contribution is 5.15. The van der Waals surface area contributed by atoms with Crippen molar-refractivity contribution in [2.45, 2.75) is 51.2 Å². The van der Waals surface area contributed by atoms with Crippen LogP contribution in [-0.4, -0.2) is 27.5 Å². The van der Waals surface area contributed by atoms with Crippen molar-refractivity contribution in [3.05, 3.63) is 17.7 Å². The highest BCUT2D eigenvalue weighted by Gasteiger charge is 2.30. The Balaban J connectivity index is 1.93. The fourth-order valence-corrected chi connectivity index (χ4v) is 3.32. The third kappa shape index (κ3) is 1.79. The molecule has 3 heterocycles. The van der Waals surface area contributed by atoms with Crippen LogP contribution in [0, 0.1) is 0 Å². The van der Waals surface area contributed by atoms with E-state index >= 15 is 0 Å². The van der Waals surface area contributed by atoms with Crippen molar-refractivity contribution < 1.29 is 0 Å². The van der Waals surface area contributed by atoms with Gasteiger partial charge in [-0.05, 0) is 38.8 Å². The quantitative estimate of drug-likeness (QED) is 0.849. The number of rotatable bonds is 2. The van der Waals surface area contributed by atoms with Gasteiger partial charge in [0.25, 0.3) is 0 Å². The van der Waals surface area contributed by atoms with Gasteiger partial charge in [-0.3, -0.25) is 4.90 Å². The van der Waals surface area contributed by atoms with Crippen LogP contribution >= 0.6 is 0 Å². The number of nitrogens with zero attached hydrogens (tertiary/aromatic N) is 3. The van der Waals surface area contributed by atoms with Gasteiger partial charge in [-0.15, -0.1) is 0 Å². The molecular weight excluding hydrogens is 212 g/mol. The number of likely N-dealkylation sites (tertiary alicyclic amines) is 1. The van der Waals surface area contributed by atoms with E-state index in [9.17, 15) is 0 Å². The van der Waals surface area contributed by atoms with Crippen LogP contribution in [0.15, 0.2) is 6.20 Å². The summed E-state index contributed by atoms with van der Waals surface area (Å²) in [6.45, 7) is 5.69. The molecule has 0 saturated carbocycles. The largest absolute Gasteiger partial charge is 0.329 e. The Hall–Kier alpha value is -0.870. The lowest BCUT2D eigenvalue weighted by atomic mass is 10.1. The minimum absolute atomic E-state index is 0.196. The zero-order chi connectivity index (χ0) is 11.8. The molecule has 2 N–H and O–H groups in total. The van der Waals surface area contributed by atoms with Gasteiger partial charge in [0.1, 0.15) is 5.82 Å². The molecule has 1 aromatic heterocycles. The summed E-state index contributed by atoms with van der Waals surface area (Å²) >= 11 is 0. The second-order valence-corrected chi connectivity index (χ2v) is 5.23. The van der Waals surface area contributed by atoms with Crippen LogP contribution in [0.2, 0.25) is 0 Å². The predicted octanol–water partition coefficient (Wildman–Crippen LogP) is 1.83. The van der Waals surface area contributed by atoms with E-state index in [-0.39, 0.29) is 6.04 Å². The Kier molecular flexibility index (Phi) is 2.92. The van der Waals surface area contributed by atoms with Crippen molar-refractivity contribution >= 4 is 0 Å². The van der Waals surface area contributed by atoms with E-state index in [0.717, 1.165) is 19.5 Å².